The molecule has 8 heteroatoms. The van der Waals surface area contributed by atoms with Crippen molar-refractivity contribution in [3.05, 3.63) is 35.9 Å². The molecule has 1 aliphatic heterocycles. The topological polar surface area (TPSA) is 92.8 Å². The summed E-state index contributed by atoms with van der Waals surface area (Å²) in [7, 11) is -3.58. The Kier molecular flexibility index (Phi) is 5.86. The van der Waals surface area contributed by atoms with E-state index in [0.717, 1.165) is 5.56 Å². The summed E-state index contributed by atoms with van der Waals surface area (Å²) in [5.41, 5.74) is 0.0772. The van der Waals surface area contributed by atoms with E-state index in [1.54, 1.807) is 11.8 Å². The quantitative estimate of drug-likeness (QED) is 0.755. The smallest absolute Gasteiger partial charge is 0.248 e. The lowest BCUT2D eigenvalue weighted by atomic mass is 9.81. The van der Waals surface area contributed by atoms with E-state index in [4.69, 9.17) is 4.74 Å². The first kappa shape index (κ1) is 19.8. The molecule has 2 aliphatic rings. The second kappa shape index (κ2) is 7.98. The number of piperidine rings is 1. The van der Waals surface area contributed by atoms with Crippen molar-refractivity contribution in [1.82, 2.24) is 9.62 Å². The van der Waals surface area contributed by atoms with E-state index in [9.17, 15) is 18.0 Å². The van der Waals surface area contributed by atoms with Gasteiger partial charge in [0.1, 0.15) is 6.61 Å². The Morgan fingerprint density at radius 2 is 1.96 bits per heavy atom. The highest BCUT2D eigenvalue weighted by Gasteiger charge is 2.44. The maximum atomic E-state index is 12.6. The zero-order valence-electron chi connectivity index (χ0n) is 15.5. The summed E-state index contributed by atoms with van der Waals surface area (Å²) in [5.74, 6) is -0.702. The van der Waals surface area contributed by atoms with Gasteiger partial charge in [-0.3, -0.25) is 14.3 Å². The van der Waals surface area contributed by atoms with Gasteiger partial charge in [0.2, 0.25) is 21.8 Å². The molecule has 148 valence electrons. The van der Waals surface area contributed by atoms with E-state index >= 15 is 0 Å². The normalized spacial score (nSPS) is 23.1. The first-order valence-corrected chi connectivity index (χ1v) is 10.8. The van der Waals surface area contributed by atoms with Gasteiger partial charge in [0, 0.05) is 13.1 Å². The number of amides is 2. The molecule has 2 amide bonds. The molecule has 0 radical (unpaired) electrons. The molecule has 1 heterocycles. The predicted octanol–water partition coefficient (Wildman–Crippen LogP) is 1.44. The Balaban J connectivity index is 1.52. The van der Waals surface area contributed by atoms with Gasteiger partial charge in [-0.25, -0.2) is 8.42 Å². The standard InChI is InChI=1S/C19H26N2O5S/c1-19(18(23)20-27(24,25)16-8-9-16)10-5-11-21(14-19)17(22)13-26-12-15-6-3-2-4-7-15/h2-4,6-7,16H,5,8-14H2,1H3,(H,20,23). The fourth-order valence-corrected chi connectivity index (χ4v) is 4.70. The van der Waals surface area contributed by atoms with Gasteiger partial charge in [0.05, 0.1) is 17.3 Å². The Bertz CT molecular complexity index is 792. The number of rotatable bonds is 7. The van der Waals surface area contributed by atoms with Crippen molar-refractivity contribution >= 4 is 21.8 Å². The summed E-state index contributed by atoms with van der Waals surface area (Å²) in [6.45, 7) is 2.75. The Labute approximate surface area is 160 Å². The average Bonchev–Trinajstić information content (AvgIpc) is 3.48. The molecule has 0 spiro atoms. The number of benzene rings is 1. The molecular weight excluding hydrogens is 368 g/mol. The third kappa shape index (κ3) is 5.07. The SMILES string of the molecule is CC1(C(=O)NS(=O)(=O)C2CC2)CCCN(C(=O)COCc2ccccc2)C1. The third-order valence-electron chi connectivity index (χ3n) is 5.13. The van der Waals surface area contributed by atoms with Crippen LogP contribution in [0.3, 0.4) is 0 Å². The van der Waals surface area contributed by atoms with Gasteiger partial charge in [-0.15, -0.1) is 0 Å². The van der Waals surface area contributed by atoms with Crippen LogP contribution in [0.5, 0.6) is 0 Å². The maximum Gasteiger partial charge on any atom is 0.248 e. The van der Waals surface area contributed by atoms with Crippen LogP contribution in [0.15, 0.2) is 30.3 Å². The van der Waals surface area contributed by atoms with E-state index in [-0.39, 0.29) is 19.1 Å². The second-order valence-electron chi connectivity index (χ2n) is 7.63. The van der Waals surface area contributed by atoms with Crippen LogP contribution in [0.25, 0.3) is 0 Å². The Hall–Kier alpha value is -1.93. The second-order valence-corrected chi connectivity index (χ2v) is 9.59. The van der Waals surface area contributed by atoms with Crippen LogP contribution in [0, 0.1) is 5.41 Å². The molecule has 2 fully saturated rings. The minimum absolute atomic E-state index is 0.0625. The van der Waals surface area contributed by atoms with Crippen LogP contribution >= 0.6 is 0 Å². The van der Waals surface area contributed by atoms with Crippen molar-refractivity contribution in [2.45, 2.75) is 44.5 Å². The third-order valence-corrected chi connectivity index (χ3v) is 6.95. The van der Waals surface area contributed by atoms with Gasteiger partial charge in [0.15, 0.2) is 0 Å². The lowest BCUT2D eigenvalue weighted by molar-refractivity contribution is -0.143. The van der Waals surface area contributed by atoms with Crippen molar-refractivity contribution in [3.63, 3.8) is 0 Å². The van der Waals surface area contributed by atoms with Crippen LogP contribution in [-0.4, -0.2) is 50.1 Å². The summed E-state index contributed by atoms with van der Waals surface area (Å²) in [4.78, 5) is 26.6. The largest absolute Gasteiger partial charge is 0.367 e. The molecule has 3 rings (SSSR count). The van der Waals surface area contributed by atoms with E-state index in [1.807, 2.05) is 30.3 Å². The van der Waals surface area contributed by atoms with E-state index < -0.39 is 26.6 Å². The van der Waals surface area contributed by atoms with E-state index in [1.165, 1.54) is 0 Å². The van der Waals surface area contributed by atoms with Crippen molar-refractivity contribution < 1.29 is 22.7 Å². The highest BCUT2D eigenvalue weighted by atomic mass is 32.2. The van der Waals surface area contributed by atoms with Crippen LogP contribution in [0.4, 0.5) is 0 Å². The first-order chi connectivity index (χ1) is 12.8. The van der Waals surface area contributed by atoms with Crippen LogP contribution < -0.4 is 4.72 Å². The Morgan fingerprint density at radius 3 is 2.63 bits per heavy atom. The van der Waals surface area contributed by atoms with Crippen molar-refractivity contribution in [1.29, 1.82) is 0 Å². The van der Waals surface area contributed by atoms with Gasteiger partial charge < -0.3 is 9.64 Å². The fourth-order valence-electron chi connectivity index (χ4n) is 3.27. The summed E-state index contributed by atoms with van der Waals surface area (Å²) < 4.78 is 31.8. The summed E-state index contributed by atoms with van der Waals surface area (Å²) in [5, 5.41) is -0.447. The number of carbonyl (C=O) groups is 2. The number of nitrogens with zero attached hydrogens (tertiary/aromatic N) is 1. The van der Waals surface area contributed by atoms with Gasteiger partial charge >= 0.3 is 0 Å². The van der Waals surface area contributed by atoms with Crippen LogP contribution in [0.2, 0.25) is 0 Å². The summed E-state index contributed by atoms with van der Waals surface area (Å²) in [6, 6.07) is 9.58. The number of sulfonamides is 1. The zero-order valence-corrected chi connectivity index (χ0v) is 16.3. The molecule has 1 atom stereocenters. The van der Waals surface area contributed by atoms with E-state index in [0.29, 0.717) is 38.8 Å². The first-order valence-electron chi connectivity index (χ1n) is 9.26. The van der Waals surface area contributed by atoms with Crippen molar-refractivity contribution in [2.24, 2.45) is 5.41 Å². The molecule has 1 N–H and O–H groups in total. The van der Waals surface area contributed by atoms with Gasteiger partial charge in [-0.05, 0) is 38.2 Å². The van der Waals surface area contributed by atoms with Crippen molar-refractivity contribution in [3.8, 4) is 0 Å². The summed E-state index contributed by atoms with van der Waals surface area (Å²) >= 11 is 0. The number of hydrogen-bond donors (Lipinski definition) is 1. The lowest BCUT2D eigenvalue weighted by Crippen LogP contribution is -2.53. The zero-order chi connectivity index (χ0) is 19.5. The molecule has 27 heavy (non-hydrogen) atoms. The highest BCUT2D eigenvalue weighted by Crippen LogP contribution is 2.32. The number of hydrogen-bond acceptors (Lipinski definition) is 5. The molecule has 1 saturated carbocycles. The lowest BCUT2D eigenvalue weighted by Gasteiger charge is -2.39. The van der Waals surface area contributed by atoms with Crippen molar-refractivity contribution in [2.75, 3.05) is 19.7 Å². The molecule has 0 aromatic heterocycles. The number of carbonyl (C=O) groups excluding carboxylic acids is 2. The average molecular weight is 394 g/mol. The molecule has 1 aromatic rings. The molecule has 1 aromatic carbocycles. The molecule has 0 bridgehead atoms. The monoisotopic (exact) mass is 394 g/mol. The predicted molar refractivity (Wildman–Crippen MR) is 100 cm³/mol. The van der Waals surface area contributed by atoms with E-state index in [2.05, 4.69) is 4.72 Å². The van der Waals surface area contributed by atoms with Gasteiger partial charge in [0.25, 0.3) is 0 Å². The van der Waals surface area contributed by atoms with Crippen LogP contribution in [-0.2, 0) is 31.0 Å². The number of nitrogens with one attached hydrogen (secondary N) is 1. The number of ether oxygens (including phenoxy) is 1. The van der Waals surface area contributed by atoms with Crippen LogP contribution in [0.1, 0.15) is 38.2 Å². The highest BCUT2D eigenvalue weighted by molar-refractivity contribution is 7.90. The molecular formula is C19H26N2O5S. The minimum atomic E-state index is -3.58. The van der Waals surface area contributed by atoms with Gasteiger partial charge in [-0.1, -0.05) is 30.3 Å². The molecule has 1 aliphatic carbocycles. The minimum Gasteiger partial charge on any atom is -0.367 e. The number of likely N-dealkylation sites (tertiary alicyclic amines) is 1. The molecule has 7 nitrogen and oxygen atoms in total. The maximum absolute atomic E-state index is 12.6. The summed E-state index contributed by atoms with van der Waals surface area (Å²) in [6.07, 6.45) is 2.40. The Morgan fingerprint density at radius 1 is 1.26 bits per heavy atom. The fraction of sp³-hybridized carbons (Fsp3) is 0.579. The molecule has 1 unspecified atom stereocenters. The molecule has 1 saturated heterocycles. The van der Waals surface area contributed by atoms with Gasteiger partial charge in [-0.2, -0.15) is 0 Å².